The number of thioether (sulfide) groups is 1. The molecular weight excluding hydrogens is 558 g/mol. The van der Waals surface area contributed by atoms with Crippen molar-refractivity contribution in [1.29, 1.82) is 0 Å². The second-order valence-corrected chi connectivity index (χ2v) is 11.8. The zero-order valence-corrected chi connectivity index (χ0v) is 24.3. The molecule has 2 fully saturated rings. The van der Waals surface area contributed by atoms with Crippen molar-refractivity contribution in [2.45, 2.75) is 19.9 Å². The number of benzene rings is 2. The number of rotatable bonds is 5. The number of carbonyl (C=O) groups is 1. The van der Waals surface area contributed by atoms with E-state index in [9.17, 15) is 14.0 Å². The van der Waals surface area contributed by atoms with Gasteiger partial charge in [-0.05, 0) is 61.4 Å². The van der Waals surface area contributed by atoms with Crippen LogP contribution in [0, 0.1) is 12.7 Å². The van der Waals surface area contributed by atoms with Gasteiger partial charge in [0, 0.05) is 38.1 Å². The van der Waals surface area contributed by atoms with Crippen LogP contribution in [0.3, 0.4) is 0 Å². The summed E-state index contributed by atoms with van der Waals surface area (Å²) in [5, 5.41) is 0. The van der Waals surface area contributed by atoms with Crippen molar-refractivity contribution in [3.05, 3.63) is 111 Å². The van der Waals surface area contributed by atoms with Gasteiger partial charge in [0.2, 0.25) is 0 Å². The third-order valence-corrected chi connectivity index (χ3v) is 8.93. The fourth-order valence-electron chi connectivity index (χ4n) is 5.32. The second-order valence-electron chi connectivity index (χ2n) is 10.1. The number of nitrogens with zero attached hydrogens (tertiary/aromatic N) is 5. The molecule has 0 bridgehead atoms. The Morgan fingerprint density at radius 1 is 0.951 bits per heavy atom. The Morgan fingerprint density at radius 2 is 1.63 bits per heavy atom. The van der Waals surface area contributed by atoms with Crippen LogP contribution in [-0.4, -0.2) is 50.7 Å². The molecule has 2 aliphatic rings. The minimum atomic E-state index is -0.267. The summed E-state index contributed by atoms with van der Waals surface area (Å²) >= 11 is 6.83. The van der Waals surface area contributed by atoms with Gasteiger partial charge in [-0.3, -0.25) is 18.9 Å². The van der Waals surface area contributed by atoms with Crippen LogP contribution < -0.4 is 15.4 Å². The molecule has 1 atom stereocenters. The first-order chi connectivity index (χ1) is 19.8. The van der Waals surface area contributed by atoms with Crippen LogP contribution in [0.15, 0.2) is 82.6 Å². The van der Waals surface area contributed by atoms with Crippen LogP contribution in [0.1, 0.15) is 29.7 Å². The number of hydrogen-bond acceptors (Lipinski definition) is 7. The Bertz CT molecular complexity index is 1730. The van der Waals surface area contributed by atoms with Crippen LogP contribution in [0.2, 0.25) is 0 Å². The highest BCUT2D eigenvalue weighted by Gasteiger charge is 2.36. The van der Waals surface area contributed by atoms with Crippen molar-refractivity contribution < 1.29 is 9.18 Å². The van der Waals surface area contributed by atoms with E-state index in [-0.39, 0.29) is 23.3 Å². The minimum absolute atomic E-state index is 0.225. The Kier molecular flexibility index (Phi) is 7.35. The maximum atomic E-state index is 13.9. The van der Waals surface area contributed by atoms with Crippen molar-refractivity contribution in [3.63, 3.8) is 0 Å². The molecule has 41 heavy (non-hydrogen) atoms. The van der Waals surface area contributed by atoms with Crippen LogP contribution >= 0.6 is 24.0 Å². The summed E-state index contributed by atoms with van der Waals surface area (Å²) < 4.78 is 15.4. The summed E-state index contributed by atoms with van der Waals surface area (Å²) in [5.74, 6) is 0.0541. The smallest absolute Gasteiger partial charge is 0.267 e. The van der Waals surface area contributed by atoms with E-state index in [4.69, 9.17) is 17.2 Å². The summed E-state index contributed by atoms with van der Waals surface area (Å²) in [7, 11) is 0. The van der Waals surface area contributed by atoms with Crippen molar-refractivity contribution in [2.75, 3.05) is 36.0 Å². The highest BCUT2D eigenvalue weighted by molar-refractivity contribution is 8.26. The molecule has 2 saturated heterocycles. The van der Waals surface area contributed by atoms with Crippen molar-refractivity contribution >= 4 is 57.4 Å². The average molecular weight is 586 g/mol. The molecule has 6 rings (SSSR count). The first-order valence-corrected chi connectivity index (χ1v) is 14.6. The molecule has 2 aromatic heterocycles. The number of piperazine rings is 1. The second kappa shape index (κ2) is 11.1. The van der Waals surface area contributed by atoms with Gasteiger partial charge in [-0.15, -0.1) is 0 Å². The molecule has 0 radical (unpaired) electrons. The summed E-state index contributed by atoms with van der Waals surface area (Å²) in [6.07, 6.45) is 3.36. The Morgan fingerprint density at radius 3 is 2.34 bits per heavy atom. The van der Waals surface area contributed by atoms with Crippen molar-refractivity contribution in [2.24, 2.45) is 0 Å². The van der Waals surface area contributed by atoms with E-state index in [1.807, 2.05) is 56.3 Å². The van der Waals surface area contributed by atoms with E-state index in [0.29, 0.717) is 52.4 Å². The van der Waals surface area contributed by atoms with Gasteiger partial charge in [0.15, 0.2) is 0 Å². The molecular formula is C31H28FN5O2S2. The highest BCUT2D eigenvalue weighted by atomic mass is 32.2. The summed E-state index contributed by atoms with van der Waals surface area (Å²) in [5.41, 5.74) is 3.51. The zero-order valence-electron chi connectivity index (χ0n) is 22.7. The van der Waals surface area contributed by atoms with Crippen molar-refractivity contribution in [1.82, 2.24) is 14.3 Å². The maximum absolute atomic E-state index is 13.9. The van der Waals surface area contributed by atoms with Crippen molar-refractivity contribution in [3.8, 4) is 0 Å². The molecule has 2 aliphatic heterocycles. The molecule has 4 heterocycles. The van der Waals surface area contributed by atoms with Gasteiger partial charge < -0.3 is 9.80 Å². The molecule has 0 spiro atoms. The molecule has 0 N–H and O–H groups in total. The quantitative estimate of drug-likeness (QED) is 0.229. The SMILES string of the molecule is Cc1cccn2c(=O)c(C=C3SC(=S)N(C(C)c4ccccc4)C3=O)c(N3CCN(c4ccc(F)cc4)CC3)nc12. The van der Waals surface area contributed by atoms with Gasteiger partial charge in [0.25, 0.3) is 11.5 Å². The normalized spacial score (nSPS) is 17.6. The average Bonchev–Trinajstić information content (AvgIpc) is 3.27. The number of hydrogen-bond donors (Lipinski definition) is 0. The van der Waals surface area contributed by atoms with Crippen LogP contribution in [0.25, 0.3) is 11.7 Å². The van der Waals surface area contributed by atoms with E-state index in [0.717, 1.165) is 16.8 Å². The molecule has 7 nitrogen and oxygen atoms in total. The topological polar surface area (TPSA) is 61.2 Å². The van der Waals surface area contributed by atoms with E-state index in [1.54, 1.807) is 29.3 Å². The van der Waals surface area contributed by atoms with Gasteiger partial charge >= 0.3 is 0 Å². The first kappa shape index (κ1) is 27.2. The molecule has 10 heteroatoms. The number of carbonyl (C=O) groups excluding carboxylic acids is 1. The maximum Gasteiger partial charge on any atom is 0.267 e. The molecule has 1 amide bonds. The van der Waals surface area contributed by atoms with Crippen LogP contribution in [0.5, 0.6) is 0 Å². The number of halogens is 1. The molecule has 0 aliphatic carbocycles. The molecule has 2 aromatic carbocycles. The number of amides is 1. The van der Waals surface area contributed by atoms with Gasteiger partial charge in [-0.2, -0.15) is 0 Å². The molecule has 1 unspecified atom stereocenters. The van der Waals surface area contributed by atoms with E-state index in [2.05, 4.69) is 9.80 Å². The lowest BCUT2D eigenvalue weighted by Gasteiger charge is -2.37. The number of anilines is 2. The fourth-order valence-corrected chi connectivity index (χ4v) is 6.72. The lowest BCUT2D eigenvalue weighted by molar-refractivity contribution is -0.123. The van der Waals surface area contributed by atoms with E-state index >= 15 is 0 Å². The Hall–Kier alpha value is -4.02. The predicted molar refractivity (Wildman–Crippen MR) is 167 cm³/mol. The lowest BCUT2D eigenvalue weighted by Crippen LogP contribution is -2.47. The zero-order chi connectivity index (χ0) is 28.7. The molecule has 4 aromatic rings. The van der Waals surface area contributed by atoms with Crippen LogP contribution in [-0.2, 0) is 4.79 Å². The lowest BCUT2D eigenvalue weighted by atomic mass is 10.1. The molecule has 208 valence electrons. The van der Waals surface area contributed by atoms with Crippen LogP contribution in [0.4, 0.5) is 15.9 Å². The number of fused-ring (bicyclic) bond motifs is 1. The number of thiocarbonyl (C=S) groups is 1. The monoisotopic (exact) mass is 585 g/mol. The van der Waals surface area contributed by atoms with Gasteiger partial charge in [-0.1, -0.05) is 60.4 Å². The Labute approximate surface area is 246 Å². The predicted octanol–water partition coefficient (Wildman–Crippen LogP) is 5.43. The first-order valence-electron chi connectivity index (χ1n) is 13.4. The fraction of sp³-hybridized carbons (Fsp3) is 0.226. The van der Waals surface area contributed by atoms with Gasteiger partial charge in [0.1, 0.15) is 21.6 Å². The summed E-state index contributed by atoms with van der Waals surface area (Å²) in [6, 6.07) is 19.7. The van der Waals surface area contributed by atoms with Gasteiger partial charge in [-0.25, -0.2) is 9.37 Å². The third-order valence-electron chi connectivity index (χ3n) is 7.60. The third kappa shape index (κ3) is 5.13. The van der Waals surface area contributed by atoms with E-state index in [1.165, 1.54) is 28.3 Å². The minimum Gasteiger partial charge on any atom is -0.368 e. The largest absolute Gasteiger partial charge is 0.368 e. The number of aryl methyl sites for hydroxylation is 1. The number of pyridine rings is 1. The summed E-state index contributed by atoms with van der Waals surface area (Å²) in [6.45, 7) is 6.45. The Balaban J connectivity index is 1.37. The summed E-state index contributed by atoms with van der Waals surface area (Å²) in [4.78, 5) is 38.8. The van der Waals surface area contributed by atoms with E-state index < -0.39 is 0 Å². The van der Waals surface area contributed by atoms with Gasteiger partial charge in [0.05, 0.1) is 16.5 Å². The number of aromatic nitrogens is 2. The highest BCUT2D eigenvalue weighted by Crippen LogP contribution is 2.38. The standard InChI is InChI=1S/C31H28FN5O2S2/c1-20-7-6-14-36-27(20)33-28(35-17-15-34(16-18-35)24-12-10-23(32)11-13-24)25(29(36)38)19-26-30(39)37(31(40)41-26)21(2)22-8-4-3-5-9-22/h3-14,19,21H,15-18H2,1-2H3. The molecule has 0 saturated carbocycles.